The molecule has 0 spiro atoms. The summed E-state index contributed by atoms with van der Waals surface area (Å²) in [5.41, 5.74) is 0.781. The van der Waals surface area contributed by atoms with Crippen molar-refractivity contribution < 1.29 is 24.2 Å². The van der Waals surface area contributed by atoms with Crippen molar-refractivity contribution in [2.24, 2.45) is 5.92 Å². The van der Waals surface area contributed by atoms with Crippen LogP contribution in [-0.4, -0.2) is 42.3 Å². The third kappa shape index (κ3) is 8.91. The van der Waals surface area contributed by atoms with Gasteiger partial charge in [-0.25, -0.2) is 0 Å². The Kier molecular flexibility index (Phi) is 10.5. The molecular weight excluding hydrogens is 346 g/mol. The molecule has 0 bridgehead atoms. The van der Waals surface area contributed by atoms with E-state index in [2.05, 4.69) is 5.32 Å². The summed E-state index contributed by atoms with van der Waals surface area (Å²) in [7, 11) is 0. The van der Waals surface area contributed by atoms with Gasteiger partial charge in [0.15, 0.2) is 0 Å². The van der Waals surface area contributed by atoms with Crippen molar-refractivity contribution >= 4 is 11.9 Å². The lowest BCUT2D eigenvalue weighted by Gasteiger charge is -2.25. The molecule has 1 aromatic rings. The summed E-state index contributed by atoms with van der Waals surface area (Å²) in [5.74, 6) is -0.379. The van der Waals surface area contributed by atoms with E-state index in [-0.39, 0.29) is 24.2 Å². The normalized spacial score (nSPS) is 13.2. The molecule has 6 heteroatoms. The number of aromatic hydroxyl groups is 1. The van der Waals surface area contributed by atoms with Gasteiger partial charge in [-0.05, 0) is 49.8 Å². The number of rotatable bonds is 12. The van der Waals surface area contributed by atoms with E-state index < -0.39 is 18.1 Å². The highest BCUT2D eigenvalue weighted by Gasteiger charge is 2.29. The highest BCUT2D eigenvalue weighted by Crippen LogP contribution is 2.15. The number of esters is 2. The molecule has 1 aromatic carbocycles. The first-order valence-electron chi connectivity index (χ1n) is 9.74. The van der Waals surface area contributed by atoms with Crippen LogP contribution in [0.3, 0.4) is 0 Å². The smallest absolute Gasteiger partial charge is 0.323 e. The molecule has 0 unspecified atom stereocenters. The molecule has 1 rings (SSSR count). The summed E-state index contributed by atoms with van der Waals surface area (Å²) in [4.78, 5) is 24.9. The topological polar surface area (TPSA) is 84.9 Å². The largest absolute Gasteiger partial charge is 0.508 e. The Morgan fingerprint density at radius 1 is 1.11 bits per heavy atom. The van der Waals surface area contributed by atoms with E-state index in [0.717, 1.165) is 18.4 Å². The fourth-order valence-corrected chi connectivity index (χ4v) is 2.74. The molecule has 152 valence electrons. The zero-order valence-corrected chi connectivity index (χ0v) is 16.9. The molecule has 0 fully saturated rings. The van der Waals surface area contributed by atoms with Crippen molar-refractivity contribution in [1.29, 1.82) is 0 Å². The molecular formula is C21H33NO5. The van der Waals surface area contributed by atoms with Crippen LogP contribution in [0.4, 0.5) is 0 Å². The maximum Gasteiger partial charge on any atom is 0.323 e. The summed E-state index contributed by atoms with van der Waals surface area (Å²) in [6.07, 6.45) is 2.62. The second kappa shape index (κ2) is 12.3. The number of phenols is 1. The minimum atomic E-state index is -0.700. The number of nitrogens with one attached hydrogen (secondary N) is 1. The molecule has 0 amide bonds. The molecule has 27 heavy (non-hydrogen) atoms. The molecule has 0 saturated heterocycles. The van der Waals surface area contributed by atoms with Crippen LogP contribution in [-0.2, 0) is 25.5 Å². The van der Waals surface area contributed by atoms with E-state index in [1.54, 1.807) is 25.1 Å². The van der Waals surface area contributed by atoms with Crippen molar-refractivity contribution in [1.82, 2.24) is 5.32 Å². The average Bonchev–Trinajstić information content (AvgIpc) is 2.60. The summed E-state index contributed by atoms with van der Waals surface area (Å²) < 4.78 is 10.5. The second-order valence-corrected chi connectivity index (χ2v) is 7.05. The summed E-state index contributed by atoms with van der Waals surface area (Å²) >= 11 is 0. The molecule has 0 radical (unpaired) electrons. The molecule has 0 aliphatic carbocycles. The fourth-order valence-electron chi connectivity index (χ4n) is 2.74. The Morgan fingerprint density at radius 2 is 1.81 bits per heavy atom. The predicted octanol–water partition coefficient (Wildman–Crippen LogP) is 3.21. The zero-order chi connectivity index (χ0) is 20.2. The molecule has 0 aromatic heterocycles. The predicted molar refractivity (Wildman–Crippen MR) is 104 cm³/mol. The molecule has 2 N–H and O–H groups in total. The van der Waals surface area contributed by atoms with Crippen LogP contribution < -0.4 is 5.32 Å². The Morgan fingerprint density at radius 3 is 2.41 bits per heavy atom. The number of carbonyl (C=O) groups excluding carboxylic acids is 2. The van der Waals surface area contributed by atoms with E-state index >= 15 is 0 Å². The van der Waals surface area contributed by atoms with Gasteiger partial charge in [0.2, 0.25) is 0 Å². The first kappa shape index (κ1) is 23.0. The zero-order valence-electron chi connectivity index (χ0n) is 16.9. The number of ether oxygens (including phenoxy) is 2. The van der Waals surface area contributed by atoms with Crippen molar-refractivity contribution in [3.8, 4) is 5.75 Å². The van der Waals surface area contributed by atoms with E-state index in [4.69, 9.17) is 9.47 Å². The van der Waals surface area contributed by atoms with Crippen molar-refractivity contribution in [3.63, 3.8) is 0 Å². The van der Waals surface area contributed by atoms with Crippen LogP contribution in [0.25, 0.3) is 0 Å². The second-order valence-electron chi connectivity index (χ2n) is 7.05. The van der Waals surface area contributed by atoms with Gasteiger partial charge in [0.05, 0.1) is 13.2 Å². The standard InChI is InChI=1S/C21H33NO5/c1-5-7-11-27-21(25)18(12-15(3)4)22-19(20(24)26-6-2)14-16-9-8-10-17(23)13-16/h8-10,13,15,18-19,22-23H,5-7,11-12,14H2,1-4H3/t18-,19-/m0/s1. The lowest BCUT2D eigenvalue weighted by atomic mass is 10.0. The molecule has 2 atom stereocenters. The maximum atomic E-state index is 12.5. The van der Waals surface area contributed by atoms with Gasteiger partial charge in [-0.3, -0.25) is 14.9 Å². The minimum absolute atomic E-state index is 0.132. The fraction of sp³-hybridized carbons (Fsp3) is 0.619. The minimum Gasteiger partial charge on any atom is -0.508 e. The number of hydrogen-bond acceptors (Lipinski definition) is 6. The quantitative estimate of drug-likeness (QED) is 0.428. The highest BCUT2D eigenvalue weighted by atomic mass is 16.5. The monoisotopic (exact) mass is 379 g/mol. The average molecular weight is 379 g/mol. The summed E-state index contributed by atoms with van der Waals surface area (Å²) in [5, 5.41) is 12.8. The Labute approximate surface area is 162 Å². The molecule has 0 aliphatic heterocycles. The SMILES string of the molecule is CCCCOC(=O)[C@H](CC(C)C)N[C@@H](Cc1cccc(O)c1)C(=O)OCC. The van der Waals surface area contributed by atoms with Gasteiger partial charge in [-0.15, -0.1) is 0 Å². The van der Waals surface area contributed by atoms with Crippen LogP contribution in [0.5, 0.6) is 5.75 Å². The van der Waals surface area contributed by atoms with E-state index in [1.807, 2.05) is 26.8 Å². The van der Waals surface area contributed by atoms with Gasteiger partial charge in [0.25, 0.3) is 0 Å². The van der Waals surface area contributed by atoms with Crippen LogP contribution in [0, 0.1) is 5.92 Å². The Bertz CT molecular complexity index is 588. The van der Waals surface area contributed by atoms with Gasteiger partial charge in [0.1, 0.15) is 17.8 Å². The van der Waals surface area contributed by atoms with Crippen LogP contribution >= 0.6 is 0 Å². The number of benzene rings is 1. The maximum absolute atomic E-state index is 12.5. The number of unbranched alkanes of at least 4 members (excludes halogenated alkanes) is 1. The highest BCUT2D eigenvalue weighted by molar-refractivity contribution is 5.80. The lowest BCUT2D eigenvalue weighted by molar-refractivity contribution is -0.149. The van der Waals surface area contributed by atoms with Crippen molar-refractivity contribution in [2.45, 2.75) is 65.5 Å². The first-order valence-corrected chi connectivity index (χ1v) is 9.74. The third-order valence-corrected chi connectivity index (χ3v) is 4.06. The van der Waals surface area contributed by atoms with Gasteiger partial charge < -0.3 is 14.6 Å². The Balaban J connectivity index is 2.91. The third-order valence-electron chi connectivity index (χ3n) is 4.06. The van der Waals surface area contributed by atoms with Crippen LogP contribution in [0.1, 0.15) is 52.5 Å². The first-order chi connectivity index (χ1) is 12.9. The Hall–Kier alpha value is -2.08. The number of hydrogen-bond donors (Lipinski definition) is 2. The number of phenolic OH excluding ortho intramolecular Hbond substituents is 1. The number of carbonyl (C=O) groups is 2. The van der Waals surface area contributed by atoms with Crippen molar-refractivity contribution in [2.75, 3.05) is 13.2 Å². The van der Waals surface area contributed by atoms with Crippen molar-refractivity contribution in [3.05, 3.63) is 29.8 Å². The van der Waals surface area contributed by atoms with Gasteiger partial charge in [0, 0.05) is 0 Å². The van der Waals surface area contributed by atoms with Gasteiger partial charge in [-0.1, -0.05) is 39.3 Å². The van der Waals surface area contributed by atoms with Gasteiger partial charge >= 0.3 is 11.9 Å². The molecule has 0 heterocycles. The van der Waals surface area contributed by atoms with Crippen LogP contribution in [0.2, 0.25) is 0 Å². The van der Waals surface area contributed by atoms with E-state index in [0.29, 0.717) is 19.4 Å². The lowest BCUT2D eigenvalue weighted by Crippen LogP contribution is -2.50. The van der Waals surface area contributed by atoms with E-state index in [9.17, 15) is 14.7 Å². The molecule has 0 aliphatic rings. The van der Waals surface area contributed by atoms with Gasteiger partial charge in [-0.2, -0.15) is 0 Å². The van der Waals surface area contributed by atoms with Crippen LogP contribution in [0.15, 0.2) is 24.3 Å². The summed E-state index contributed by atoms with van der Waals surface area (Å²) in [6, 6.07) is 5.43. The van der Waals surface area contributed by atoms with E-state index in [1.165, 1.54) is 0 Å². The molecule has 6 nitrogen and oxygen atoms in total. The molecule has 0 saturated carbocycles. The summed E-state index contributed by atoms with van der Waals surface area (Å²) in [6.45, 7) is 8.44.